The smallest absolute Gasteiger partial charge is 0.320 e. The topological polar surface area (TPSA) is 95.2 Å². The summed E-state index contributed by atoms with van der Waals surface area (Å²) >= 11 is 0. The number of likely N-dealkylation sites (tertiary alicyclic amines) is 1. The summed E-state index contributed by atoms with van der Waals surface area (Å²) in [4.78, 5) is 15.4. The van der Waals surface area contributed by atoms with Crippen LogP contribution >= 0.6 is 0 Å². The molecule has 8 heteroatoms. The Morgan fingerprint density at radius 3 is 2.52 bits per heavy atom. The van der Waals surface area contributed by atoms with Gasteiger partial charge in [-0.2, -0.15) is 10.4 Å². The molecular weight excluding hydrogens is 416 g/mol. The van der Waals surface area contributed by atoms with Gasteiger partial charge in [0.15, 0.2) is 5.82 Å². The summed E-state index contributed by atoms with van der Waals surface area (Å²) < 4.78 is 6.84. The van der Waals surface area contributed by atoms with Crippen molar-refractivity contribution in [1.29, 1.82) is 5.26 Å². The van der Waals surface area contributed by atoms with Crippen molar-refractivity contribution in [2.75, 3.05) is 38.7 Å². The molecular formula is C25H28N6O2. The van der Waals surface area contributed by atoms with Crippen LogP contribution in [0.4, 0.5) is 10.6 Å². The van der Waals surface area contributed by atoms with Crippen molar-refractivity contribution in [3.63, 3.8) is 0 Å². The third-order valence-electron chi connectivity index (χ3n) is 5.96. The second-order valence-corrected chi connectivity index (χ2v) is 8.14. The monoisotopic (exact) mass is 444 g/mol. The molecule has 170 valence electrons. The van der Waals surface area contributed by atoms with Crippen molar-refractivity contribution in [2.24, 2.45) is 0 Å². The fourth-order valence-corrected chi connectivity index (χ4v) is 4.32. The Labute approximate surface area is 193 Å². The number of carbonyl (C=O) groups excluding carboxylic acids is 1. The zero-order chi connectivity index (χ0) is 23.2. The van der Waals surface area contributed by atoms with E-state index in [1.54, 1.807) is 18.7 Å². The number of rotatable bonds is 7. The van der Waals surface area contributed by atoms with Crippen molar-refractivity contribution < 1.29 is 9.53 Å². The van der Waals surface area contributed by atoms with Gasteiger partial charge in [0.05, 0.1) is 24.0 Å². The van der Waals surface area contributed by atoms with Gasteiger partial charge in [0.1, 0.15) is 11.6 Å². The molecule has 8 nitrogen and oxygen atoms in total. The van der Waals surface area contributed by atoms with Crippen LogP contribution in [0.1, 0.15) is 22.7 Å². The quantitative estimate of drug-likeness (QED) is 0.583. The van der Waals surface area contributed by atoms with Gasteiger partial charge in [-0.3, -0.25) is 10.2 Å². The number of para-hydroxylation sites is 1. The second kappa shape index (κ2) is 10.3. The molecule has 0 saturated carbocycles. The van der Waals surface area contributed by atoms with Crippen LogP contribution in [0.15, 0.2) is 60.7 Å². The molecule has 33 heavy (non-hydrogen) atoms. The Hall–Kier alpha value is -3.67. The SMILES string of the molecule is COCCN1C[C@H](NC(=O)Nc2c(C#N)c(C)nn2-c2ccccc2)[C@@H](c2ccccc2)C1. The number of anilines is 1. The first-order chi connectivity index (χ1) is 16.1. The molecule has 3 aromatic rings. The maximum absolute atomic E-state index is 13.1. The van der Waals surface area contributed by atoms with Gasteiger partial charge in [0.25, 0.3) is 0 Å². The van der Waals surface area contributed by atoms with E-state index in [9.17, 15) is 10.1 Å². The fraction of sp³-hybridized carbons (Fsp3) is 0.320. The Morgan fingerprint density at radius 1 is 1.15 bits per heavy atom. The van der Waals surface area contributed by atoms with Crippen LogP contribution in [0.3, 0.4) is 0 Å². The van der Waals surface area contributed by atoms with Crippen LogP contribution in [0.5, 0.6) is 0 Å². The van der Waals surface area contributed by atoms with E-state index in [2.05, 4.69) is 38.8 Å². The maximum Gasteiger partial charge on any atom is 0.320 e. The molecule has 0 radical (unpaired) electrons. The van der Waals surface area contributed by atoms with E-state index in [0.717, 1.165) is 25.3 Å². The third kappa shape index (κ3) is 5.06. The number of benzene rings is 2. The number of amides is 2. The molecule has 1 aliphatic rings. The molecule has 0 spiro atoms. The largest absolute Gasteiger partial charge is 0.383 e. The van der Waals surface area contributed by atoms with Crippen molar-refractivity contribution in [1.82, 2.24) is 20.0 Å². The number of methoxy groups -OCH3 is 1. The van der Waals surface area contributed by atoms with Crippen molar-refractivity contribution >= 4 is 11.8 Å². The lowest BCUT2D eigenvalue weighted by Crippen LogP contribution is -2.42. The van der Waals surface area contributed by atoms with Crippen molar-refractivity contribution in [3.8, 4) is 11.8 Å². The number of hydrogen-bond donors (Lipinski definition) is 2. The van der Waals surface area contributed by atoms with E-state index < -0.39 is 0 Å². The molecule has 0 aliphatic carbocycles. The molecule has 1 fully saturated rings. The Kier molecular flexibility index (Phi) is 7.03. The Morgan fingerprint density at radius 2 is 1.85 bits per heavy atom. The number of nitrogens with one attached hydrogen (secondary N) is 2. The lowest BCUT2D eigenvalue weighted by atomic mass is 9.94. The van der Waals surface area contributed by atoms with Gasteiger partial charge in [-0.15, -0.1) is 0 Å². The normalized spacial score (nSPS) is 18.1. The van der Waals surface area contributed by atoms with Gasteiger partial charge < -0.3 is 10.1 Å². The van der Waals surface area contributed by atoms with E-state index in [0.29, 0.717) is 23.7 Å². The molecule has 2 N–H and O–H groups in total. The number of carbonyl (C=O) groups is 1. The lowest BCUT2D eigenvalue weighted by Gasteiger charge is -2.21. The highest BCUT2D eigenvalue weighted by atomic mass is 16.5. The molecule has 2 amide bonds. The molecule has 0 bridgehead atoms. The van der Waals surface area contributed by atoms with Crippen molar-refractivity contribution in [3.05, 3.63) is 77.5 Å². The zero-order valence-electron chi connectivity index (χ0n) is 18.9. The summed E-state index contributed by atoms with van der Waals surface area (Å²) in [5.41, 5.74) is 2.86. The van der Waals surface area contributed by atoms with Crippen LogP contribution in [-0.4, -0.2) is 60.1 Å². The van der Waals surface area contributed by atoms with E-state index in [1.807, 2.05) is 48.5 Å². The van der Waals surface area contributed by atoms with Gasteiger partial charge in [-0.05, 0) is 24.6 Å². The first-order valence-corrected chi connectivity index (χ1v) is 11.0. The average molecular weight is 445 g/mol. The first-order valence-electron chi connectivity index (χ1n) is 11.0. The molecule has 2 heterocycles. The maximum atomic E-state index is 13.1. The summed E-state index contributed by atoms with van der Waals surface area (Å²) in [6.07, 6.45) is 0. The van der Waals surface area contributed by atoms with Crippen LogP contribution in [0.2, 0.25) is 0 Å². The summed E-state index contributed by atoms with van der Waals surface area (Å²) in [6, 6.07) is 21.4. The molecule has 0 unspecified atom stereocenters. The van der Waals surface area contributed by atoms with Crippen LogP contribution in [-0.2, 0) is 4.74 Å². The van der Waals surface area contributed by atoms with Crippen LogP contribution in [0, 0.1) is 18.3 Å². The van der Waals surface area contributed by atoms with E-state index in [4.69, 9.17) is 4.74 Å². The van der Waals surface area contributed by atoms with Gasteiger partial charge in [0.2, 0.25) is 0 Å². The highest BCUT2D eigenvalue weighted by Crippen LogP contribution is 2.28. The van der Waals surface area contributed by atoms with Gasteiger partial charge in [-0.25, -0.2) is 9.48 Å². The van der Waals surface area contributed by atoms with Gasteiger partial charge in [0, 0.05) is 32.7 Å². The predicted molar refractivity (Wildman–Crippen MR) is 126 cm³/mol. The molecule has 1 aliphatic heterocycles. The number of nitrogens with zero attached hydrogens (tertiary/aromatic N) is 4. The van der Waals surface area contributed by atoms with Crippen molar-refractivity contribution in [2.45, 2.75) is 18.9 Å². The number of aromatic nitrogens is 2. The fourth-order valence-electron chi connectivity index (χ4n) is 4.32. The standard InChI is InChI=1S/C25H28N6O2/c1-18-21(15-26)24(31(29-18)20-11-7-4-8-12-20)28-25(32)27-23-17-30(13-14-33-2)16-22(23)19-9-5-3-6-10-19/h3-12,22-23H,13-14,16-17H2,1-2H3,(H2,27,28,32)/t22-,23+/m1/s1. The molecule has 1 saturated heterocycles. The molecule has 2 atom stereocenters. The van der Waals surface area contributed by atoms with E-state index >= 15 is 0 Å². The molecule has 2 aromatic carbocycles. The van der Waals surface area contributed by atoms with Crippen LogP contribution < -0.4 is 10.6 Å². The number of hydrogen-bond acceptors (Lipinski definition) is 5. The Balaban J connectivity index is 1.55. The molecule has 4 rings (SSSR count). The van der Waals surface area contributed by atoms with Gasteiger partial charge in [-0.1, -0.05) is 48.5 Å². The Bertz CT molecular complexity index is 1120. The minimum Gasteiger partial charge on any atom is -0.383 e. The minimum absolute atomic E-state index is 0.0796. The number of ether oxygens (including phenoxy) is 1. The average Bonchev–Trinajstić information content (AvgIpc) is 3.38. The van der Waals surface area contributed by atoms with E-state index in [1.165, 1.54) is 5.56 Å². The summed E-state index contributed by atoms with van der Waals surface area (Å²) in [5.74, 6) is 0.522. The lowest BCUT2D eigenvalue weighted by molar-refractivity contribution is 0.159. The molecule has 1 aromatic heterocycles. The number of aryl methyl sites for hydroxylation is 1. The van der Waals surface area contributed by atoms with E-state index in [-0.39, 0.29) is 18.0 Å². The highest BCUT2D eigenvalue weighted by Gasteiger charge is 2.35. The summed E-state index contributed by atoms with van der Waals surface area (Å²) in [7, 11) is 1.69. The predicted octanol–water partition coefficient (Wildman–Crippen LogP) is 3.29. The highest BCUT2D eigenvalue weighted by molar-refractivity contribution is 5.90. The zero-order valence-corrected chi connectivity index (χ0v) is 18.9. The number of urea groups is 1. The minimum atomic E-state index is -0.358. The third-order valence-corrected chi connectivity index (χ3v) is 5.96. The second-order valence-electron chi connectivity index (χ2n) is 8.14. The summed E-state index contributed by atoms with van der Waals surface area (Å²) in [6.45, 7) is 4.76. The number of nitriles is 1. The van der Waals surface area contributed by atoms with Gasteiger partial charge >= 0.3 is 6.03 Å². The first kappa shape index (κ1) is 22.5. The summed E-state index contributed by atoms with van der Waals surface area (Å²) in [5, 5.41) is 20.2. The van der Waals surface area contributed by atoms with Crippen LogP contribution in [0.25, 0.3) is 5.69 Å².